The zero-order valence-corrected chi connectivity index (χ0v) is 18.0. The summed E-state index contributed by atoms with van der Waals surface area (Å²) in [6.07, 6.45) is 3.41. The molecule has 1 aliphatic heterocycles. The Hall–Kier alpha value is -2.35. The molecule has 3 rings (SSSR count). The van der Waals surface area contributed by atoms with Crippen molar-refractivity contribution in [2.75, 3.05) is 33.4 Å². The van der Waals surface area contributed by atoms with Gasteiger partial charge in [0.15, 0.2) is 0 Å². The molecule has 0 radical (unpaired) electrons. The van der Waals surface area contributed by atoms with Crippen LogP contribution in [0.1, 0.15) is 22.3 Å². The summed E-state index contributed by atoms with van der Waals surface area (Å²) in [5, 5.41) is 1.12. The standard InChI is InChI=1S/C21H22Cl2N2O5/c1-28-21(27)14-9-15(11-24-10-14)30-13-16-12-25(7-8-29-16)20(26)6-5-17-18(22)3-2-4-19(17)23/h2-4,9-11,16H,5-8,12-13H2,1H3. The lowest BCUT2D eigenvalue weighted by Crippen LogP contribution is -2.47. The van der Waals surface area contributed by atoms with Gasteiger partial charge in [-0.3, -0.25) is 9.78 Å². The lowest BCUT2D eigenvalue weighted by molar-refractivity contribution is -0.139. The molecule has 1 amide bonds. The fourth-order valence-electron chi connectivity index (χ4n) is 3.12. The van der Waals surface area contributed by atoms with Gasteiger partial charge < -0.3 is 19.1 Å². The Morgan fingerprint density at radius 2 is 2.03 bits per heavy atom. The molecule has 0 bridgehead atoms. The van der Waals surface area contributed by atoms with E-state index in [0.717, 1.165) is 5.56 Å². The van der Waals surface area contributed by atoms with Gasteiger partial charge >= 0.3 is 5.97 Å². The molecule has 1 unspecified atom stereocenters. The highest BCUT2D eigenvalue weighted by Crippen LogP contribution is 2.26. The molecule has 1 saturated heterocycles. The molecule has 30 heavy (non-hydrogen) atoms. The molecule has 2 heterocycles. The fraction of sp³-hybridized carbons (Fsp3) is 0.381. The van der Waals surface area contributed by atoms with Crippen LogP contribution in [0.4, 0.5) is 0 Å². The molecule has 0 spiro atoms. The van der Waals surface area contributed by atoms with Gasteiger partial charge in [-0.2, -0.15) is 0 Å². The number of halogens is 2. The number of hydrogen-bond donors (Lipinski definition) is 0. The Labute approximate surface area is 184 Å². The highest BCUT2D eigenvalue weighted by Gasteiger charge is 2.25. The number of pyridine rings is 1. The van der Waals surface area contributed by atoms with E-state index >= 15 is 0 Å². The molecular formula is C21H22Cl2N2O5. The van der Waals surface area contributed by atoms with Crippen LogP contribution in [0.25, 0.3) is 0 Å². The molecule has 0 aliphatic carbocycles. The van der Waals surface area contributed by atoms with Crippen LogP contribution in [-0.4, -0.2) is 61.3 Å². The zero-order chi connectivity index (χ0) is 21.5. The van der Waals surface area contributed by atoms with Crippen LogP contribution in [-0.2, 0) is 20.7 Å². The van der Waals surface area contributed by atoms with Gasteiger partial charge in [0, 0.05) is 29.2 Å². The molecular weight excluding hydrogens is 431 g/mol. The lowest BCUT2D eigenvalue weighted by Gasteiger charge is -2.33. The molecule has 0 N–H and O–H groups in total. The fourth-order valence-corrected chi connectivity index (χ4v) is 3.71. The van der Waals surface area contributed by atoms with Crippen LogP contribution >= 0.6 is 23.2 Å². The highest BCUT2D eigenvalue weighted by atomic mass is 35.5. The summed E-state index contributed by atoms with van der Waals surface area (Å²) < 4.78 is 16.1. The van der Waals surface area contributed by atoms with Crippen molar-refractivity contribution in [3.05, 3.63) is 57.8 Å². The van der Waals surface area contributed by atoms with Gasteiger partial charge in [0.2, 0.25) is 5.91 Å². The molecule has 1 atom stereocenters. The molecule has 160 valence electrons. The van der Waals surface area contributed by atoms with Gasteiger partial charge in [-0.1, -0.05) is 29.3 Å². The maximum Gasteiger partial charge on any atom is 0.339 e. The van der Waals surface area contributed by atoms with E-state index in [9.17, 15) is 9.59 Å². The Kier molecular flexibility index (Phi) is 7.90. The number of rotatable bonds is 7. The van der Waals surface area contributed by atoms with E-state index in [-0.39, 0.29) is 18.6 Å². The van der Waals surface area contributed by atoms with Crippen molar-refractivity contribution in [3.8, 4) is 5.75 Å². The normalized spacial score (nSPS) is 16.2. The molecule has 7 nitrogen and oxygen atoms in total. The number of benzene rings is 1. The maximum absolute atomic E-state index is 12.6. The summed E-state index contributed by atoms with van der Waals surface area (Å²) >= 11 is 12.4. The van der Waals surface area contributed by atoms with Crippen LogP contribution in [0.15, 0.2) is 36.7 Å². The molecule has 1 aromatic carbocycles. The van der Waals surface area contributed by atoms with Crippen LogP contribution in [0.3, 0.4) is 0 Å². The first kappa shape index (κ1) is 22.3. The summed E-state index contributed by atoms with van der Waals surface area (Å²) in [4.78, 5) is 30.0. The largest absolute Gasteiger partial charge is 0.489 e. The average molecular weight is 453 g/mol. The van der Waals surface area contributed by atoms with Gasteiger partial charge in [-0.15, -0.1) is 0 Å². The minimum Gasteiger partial charge on any atom is -0.489 e. The van der Waals surface area contributed by atoms with Gasteiger partial charge in [-0.25, -0.2) is 4.79 Å². The summed E-state index contributed by atoms with van der Waals surface area (Å²) in [5.41, 5.74) is 1.08. The van der Waals surface area contributed by atoms with E-state index in [2.05, 4.69) is 9.72 Å². The summed E-state index contributed by atoms with van der Waals surface area (Å²) in [6, 6.07) is 6.86. The van der Waals surface area contributed by atoms with Crippen molar-refractivity contribution in [2.45, 2.75) is 18.9 Å². The topological polar surface area (TPSA) is 78.0 Å². The number of carbonyl (C=O) groups excluding carboxylic acids is 2. The second kappa shape index (κ2) is 10.6. The van der Waals surface area contributed by atoms with Crippen LogP contribution in [0.2, 0.25) is 10.0 Å². The zero-order valence-electron chi connectivity index (χ0n) is 16.5. The first-order chi connectivity index (χ1) is 14.5. The van der Waals surface area contributed by atoms with Crippen molar-refractivity contribution in [1.82, 2.24) is 9.88 Å². The number of amides is 1. The Morgan fingerprint density at radius 1 is 1.27 bits per heavy atom. The molecule has 1 aliphatic rings. The molecule has 1 aromatic heterocycles. The van der Waals surface area contributed by atoms with E-state index < -0.39 is 5.97 Å². The van der Waals surface area contributed by atoms with Gasteiger partial charge in [0.05, 0.1) is 32.0 Å². The third kappa shape index (κ3) is 5.84. The number of carbonyl (C=O) groups is 2. The predicted molar refractivity (Wildman–Crippen MR) is 112 cm³/mol. The number of aromatic nitrogens is 1. The smallest absolute Gasteiger partial charge is 0.339 e. The van der Waals surface area contributed by atoms with Crippen molar-refractivity contribution in [2.24, 2.45) is 0 Å². The minimum absolute atomic E-state index is 0.00800. The summed E-state index contributed by atoms with van der Waals surface area (Å²) in [6.45, 7) is 1.59. The van der Waals surface area contributed by atoms with Crippen molar-refractivity contribution in [3.63, 3.8) is 0 Å². The maximum atomic E-state index is 12.6. The molecule has 1 fully saturated rings. The molecule has 0 saturated carbocycles. The van der Waals surface area contributed by atoms with E-state index in [0.29, 0.717) is 53.9 Å². The Bertz CT molecular complexity index is 888. The second-order valence-electron chi connectivity index (χ2n) is 6.74. The van der Waals surface area contributed by atoms with Crippen molar-refractivity contribution in [1.29, 1.82) is 0 Å². The van der Waals surface area contributed by atoms with Gasteiger partial charge in [0.1, 0.15) is 18.5 Å². The highest BCUT2D eigenvalue weighted by molar-refractivity contribution is 6.36. The van der Waals surface area contributed by atoms with Gasteiger partial charge in [-0.05, 0) is 30.2 Å². The first-order valence-corrected chi connectivity index (χ1v) is 10.2. The molecule has 2 aromatic rings. The number of esters is 1. The molecule has 9 heteroatoms. The number of morpholine rings is 1. The van der Waals surface area contributed by atoms with Gasteiger partial charge in [0.25, 0.3) is 0 Å². The Balaban J connectivity index is 1.51. The first-order valence-electron chi connectivity index (χ1n) is 9.46. The summed E-state index contributed by atoms with van der Waals surface area (Å²) in [5.74, 6) is -0.0517. The van der Waals surface area contributed by atoms with Crippen LogP contribution in [0.5, 0.6) is 5.75 Å². The number of nitrogens with zero attached hydrogens (tertiary/aromatic N) is 2. The SMILES string of the molecule is COC(=O)c1cncc(OCC2CN(C(=O)CCc3c(Cl)cccc3Cl)CCO2)c1. The summed E-state index contributed by atoms with van der Waals surface area (Å²) in [7, 11) is 1.30. The quantitative estimate of drug-likeness (QED) is 0.598. The average Bonchev–Trinajstić information content (AvgIpc) is 2.77. The van der Waals surface area contributed by atoms with Crippen LogP contribution < -0.4 is 4.74 Å². The number of hydrogen-bond acceptors (Lipinski definition) is 6. The van der Waals surface area contributed by atoms with Crippen LogP contribution in [0, 0.1) is 0 Å². The van der Waals surface area contributed by atoms with Crippen molar-refractivity contribution < 1.29 is 23.8 Å². The Morgan fingerprint density at radius 3 is 2.77 bits per heavy atom. The number of methoxy groups -OCH3 is 1. The predicted octanol–water partition coefficient (Wildman–Crippen LogP) is 3.41. The third-order valence-corrected chi connectivity index (χ3v) is 5.42. The minimum atomic E-state index is -0.489. The monoisotopic (exact) mass is 452 g/mol. The van der Waals surface area contributed by atoms with E-state index in [4.69, 9.17) is 32.7 Å². The van der Waals surface area contributed by atoms with E-state index in [1.54, 1.807) is 29.2 Å². The number of ether oxygens (including phenoxy) is 3. The third-order valence-electron chi connectivity index (χ3n) is 4.71. The lowest BCUT2D eigenvalue weighted by atomic mass is 10.1. The van der Waals surface area contributed by atoms with E-state index in [1.165, 1.54) is 19.5 Å². The second-order valence-corrected chi connectivity index (χ2v) is 7.56. The van der Waals surface area contributed by atoms with E-state index in [1.807, 2.05) is 0 Å². The van der Waals surface area contributed by atoms with Crippen molar-refractivity contribution >= 4 is 35.1 Å².